The molecule has 18 heavy (non-hydrogen) atoms. The molecular formula is C9H9Br2NO4S2. The van der Waals surface area contributed by atoms with Crippen LogP contribution >= 0.6 is 43.2 Å². The number of sulfonamides is 1. The Bertz CT molecular complexity index is 592. The van der Waals surface area contributed by atoms with E-state index in [0.717, 1.165) is 0 Å². The van der Waals surface area contributed by atoms with Crippen LogP contribution in [0, 0.1) is 0 Å². The van der Waals surface area contributed by atoms with Crippen molar-refractivity contribution < 1.29 is 18.3 Å². The molecule has 1 aliphatic rings. The first-order valence-electron chi connectivity index (χ1n) is 4.99. The van der Waals surface area contributed by atoms with Crippen LogP contribution in [-0.4, -0.2) is 25.0 Å². The molecule has 0 radical (unpaired) electrons. The molecule has 100 valence electrons. The maximum atomic E-state index is 12.2. The van der Waals surface area contributed by atoms with Gasteiger partial charge < -0.3 is 5.11 Å². The van der Waals surface area contributed by atoms with E-state index in [1.807, 2.05) is 0 Å². The van der Waals surface area contributed by atoms with Gasteiger partial charge in [-0.15, -0.1) is 11.3 Å². The van der Waals surface area contributed by atoms with Gasteiger partial charge in [-0.3, -0.25) is 4.79 Å². The summed E-state index contributed by atoms with van der Waals surface area (Å²) in [6, 6.07) is 1.45. The van der Waals surface area contributed by atoms with Crippen molar-refractivity contribution in [1.29, 1.82) is 0 Å². The quantitative estimate of drug-likeness (QED) is 0.786. The van der Waals surface area contributed by atoms with E-state index in [9.17, 15) is 13.2 Å². The lowest BCUT2D eigenvalue weighted by atomic mass is 9.78. The van der Waals surface area contributed by atoms with Crippen LogP contribution in [0.1, 0.15) is 19.3 Å². The summed E-state index contributed by atoms with van der Waals surface area (Å²) in [6.45, 7) is 0. The zero-order chi connectivity index (χ0) is 13.6. The zero-order valence-corrected chi connectivity index (χ0v) is 13.7. The van der Waals surface area contributed by atoms with Gasteiger partial charge in [-0.25, -0.2) is 8.42 Å². The van der Waals surface area contributed by atoms with Gasteiger partial charge in [0.1, 0.15) is 10.4 Å². The number of nitrogens with one attached hydrogen (secondary N) is 1. The fraction of sp³-hybridized carbons (Fsp3) is 0.444. The molecule has 0 atom stereocenters. The van der Waals surface area contributed by atoms with Crippen molar-refractivity contribution in [3.8, 4) is 0 Å². The molecule has 0 amide bonds. The Labute approximate surface area is 125 Å². The summed E-state index contributed by atoms with van der Waals surface area (Å²) in [4.78, 5) is 11.2. The summed E-state index contributed by atoms with van der Waals surface area (Å²) >= 11 is 7.58. The molecule has 1 fully saturated rings. The van der Waals surface area contributed by atoms with Gasteiger partial charge in [0.2, 0.25) is 10.0 Å². The van der Waals surface area contributed by atoms with E-state index in [2.05, 4.69) is 36.6 Å². The first kappa shape index (κ1) is 14.4. The highest BCUT2D eigenvalue weighted by Crippen LogP contribution is 2.38. The number of hydrogen-bond donors (Lipinski definition) is 2. The summed E-state index contributed by atoms with van der Waals surface area (Å²) in [5.74, 6) is -1.12. The van der Waals surface area contributed by atoms with Crippen molar-refractivity contribution in [2.75, 3.05) is 0 Å². The molecule has 1 aromatic rings. The van der Waals surface area contributed by atoms with Gasteiger partial charge in [0.15, 0.2) is 0 Å². The molecule has 0 aliphatic heterocycles. The van der Waals surface area contributed by atoms with Gasteiger partial charge in [0.05, 0.1) is 7.57 Å². The Balaban J connectivity index is 2.33. The largest absolute Gasteiger partial charge is 0.480 e. The molecule has 0 saturated heterocycles. The van der Waals surface area contributed by atoms with E-state index in [1.165, 1.54) is 17.4 Å². The predicted molar refractivity (Wildman–Crippen MR) is 74.3 cm³/mol. The third kappa shape index (κ3) is 2.51. The highest BCUT2D eigenvalue weighted by Gasteiger charge is 2.48. The number of thiophene rings is 1. The second-order valence-electron chi connectivity index (χ2n) is 4.03. The van der Waals surface area contributed by atoms with Crippen molar-refractivity contribution in [1.82, 2.24) is 4.72 Å². The highest BCUT2D eigenvalue weighted by molar-refractivity contribution is 9.12. The lowest BCUT2D eigenvalue weighted by Gasteiger charge is -2.37. The Morgan fingerprint density at radius 1 is 1.44 bits per heavy atom. The minimum absolute atomic E-state index is 0.0619. The number of hydrogen-bond acceptors (Lipinski definition) is 4. The molecule has 2 rings (SSSR count). The summed E-state index contributed by atoms with van der Waals surface area (Å²) in [6.07, 6.45) is 1.36. The molecule has 2 N–H and O–H groups in total. The average molecular weight is 419 g/mol. The molecular weight excluding hydrogens is 410 g/mol. The van der Waals surface area contributed by atoms with Crippen LogP contribution in [0.4, 0.5) is 0 Å². The van der Waals surface area contributed by atoms with Crippen LogP contribution in [-0.2, 0) is 14.8 Å². The van der Waals surface area contributed by atoms with Gasteiger partial charge in [0, 0.05) is 0 Å². The molecule has 1 aromatic heterocycles. The standard InChI is InChI=1S/C9H9Br2NO4S2/c10-6-4-5(7(11)17-6)18(15,16)12-9(8(13)14)2-1-3-9/h4,12H,1-3H2,(H,13,14). The topological polar surface area (TPSA) is 83.5 Å². The minimum atomic E-state index is -3.83. The third-order valence-corrected chi connectivity index (χ3v) is 7.15. The first-order valence-corrected chi connectivity index (χ1v) is 8.88. The van der Waals surface area contributed by atoms with Gasteiger partial charge in [-0.1, -0.05) is 0 Å². The highest BCUT2D eigenvalue weighted by atomic mass is 79.9. The SMILES string of the molecule is O=C(O)C1(NS(=O)(=O)c2cc(Br)sc2Br)CCC1. The smallest absolute Gasteiger partial charge is 0.324 e. The van der Waals surface area contributed by atoms with E-state index in [1.54, 1.807) is 0 Å². The van der Waals surface area contributed by atoms with Gasteiger partial charge in [-0.2, -0.15) is 4.72 Å². The molecule has 1 heterocycles. The number of carboxylic acid groups (broad SMARTS) is 1. The number of carbonyl (C=O) groups is 1. The molecule has 0 spiro atoms. The second kappa shape index (κ2) is 4.86. The van der Waals surface area contributed by atoms with Gasteiger partial charge in [0.25, 0.3) is 0 Å². The molecule has 1 saturated carbocycles. The Hall–Kier alpha value is 0.0400. The molecule has 1 aliphatic carbocycles. The zero-order valence-electron chi connectivity index (χ0n) is 8.94. The third-order valence-electron chi connectivity index (χ3n) is 2.86. The van der Waals surface area contributed by atoms with Crippen LogP contribution in [0.3, 0.4) is 0 Å². The lowest BCUT2D eigenvalue weighted by Crippen LogP contribution is -2.58. The van der Waals surface area contributed by atoms with Crippen LogP contribution < -0.4 is 4.72 Å². The van der Waals surface area contributed by atoms with Crippen molar-refractivity contribution >= 4 is 59.2 Å². The van der Waals surface area contributed by atoms with E-state index >= 15 is 0 Å². The molecule has 0 aromatic carbocycles. The van der Waals surface area contributed by atoms with Crippen LogP contribution in [0.2, 0.25) is 0 Å². The Morgan fingerprint density at radius 3 is 2.39 bits per heavy atom. The molecule has 9 heteroatoms. The van der Waals surface area contributed by atoms with Crippen molar-refractivity contribution in [3.63, 3.8) is 0 Å². The Morgan fingerprint density at radius 2 is 2.06 bits per heavy atom. The van der Waals surface area contributed by atoms with Gasteiger partial charge in [-0.05, 0) is 57.2 Å². The molecule has 5 nitrogen and oxygen atoms in total. The maximum absolute atomic E-state index is 12.2. The number of carboxylic acids is 1. The first-order chi connectivity index (χ1) is 8.27. The summed E-state index contributed by atoms with van der Waals surface area (Å²) in [7, 11) is -3.83. The van der Waals surface area contributed by atoms with E-state index < -0.39 is 21.5 Å². The van der Waals surface area contributed by atoms with E-state index in [0.29, 0.717) is 26.8 Å². The Kier molecular flexibility index (Phi) is 3.90. The minimum Gasteiger partial charge on any atom is -0.480 e. The monoisotopic (exact) mass is 417 g/mol. The molecule has 0 bridgehead atoms. The van der Waals surface area contributed by atoms with Crippen LogP contribution in [0.25, 0.3) is 0 Å². The normalized spacial score (nSPS) is 18.3. The lowest BCUT2D eigenvalue weighted by molar-refractivity contribution is -0.147. The van der Waals surface area contributed by atoms with Crippen molar-refractivity contribution in [3.05, 3.63) is 13.6 Å². The fourth-order valence-electron chi connectivity index (χ4n) is 1.71. The second-order valence-corrected chi connectivity index (χ2v) is 9.43. The van der Waals surface area contributed by atoms with E-state index in [4.69, 9.17) is 5.11 Å². The van der Waals surface area contributed by atoms with Crippen molar-refractivity contribution in [2.24, 2.45) is 0 Å². The summed E-state index contributed by atoms with van der Waals surface area (Å²) in [5, 5.41) is 9.12. The van der Waals surface area contributed by atoms with Crippen molar-refractivity contribution in [2.45, 2.75) is 29.7 Å². The summed E-state index contributed by atoms with van der Waals surface area (Å²) < 4.78 is 27.7. The number of halogens is 2. The maximum Gasteiger partial charge on any atom is 0.324 e. The number of aliphatic carboxylic acids is 1. The predicted octanol–water partition coefficient (Wildman–Crippen LogP) is 2.56. The number of rotatable bonds is 4. The van der Waals surface area contributed by atoms with Crippen LogP contribution in [0.15, 0.2) is 18.5 Å². The van der Waals surface area contributed by atoms with Crippen LogP contribution in [0.5, 0.6) is 0 Å². The van der Waals surface area contributed by atoms with E-state index in [-0.39, 0.29) is 4.90 Å². The summed E-state index contributed by atoms with van der Waals surface area (Å²) in [5.41, 5.74) is -1.34. The fourth-order valence-corrected chi connectivity index (χ4v) is 6.94. The average Bonchev–Trinajstić information content (AvgIpc) is 2.52. The molecule has 0 unspecified atom stereocenters. The van der Waals surface area contributed by atoms with Gasteiger partial charge >= 0.3 is 5.97 Å².